The van der Waals surface area contributed by atoms with Crippen LogP contribution in [0.15, 0.2) is 24.5 Å². The van der Waals surface area contributed by atoms with E-state index in [2.05, 4.69) is 10.3 Å². The van der Waals surface area contributed by atoms with Gasteiger partial charge in [0.15, 0.2) is 0 Å². The summed E-state index contributed by atoms with van der Waals surface area (Å²) in [5, 5.41) is 2.67. The van der Waals surface area contributed by atoms with E-state index in [0.29, 0.717) is 12.1 Å². The fourth-order valence-electron chi connectivity index (χ4n) is 4.26. The number of aromatic nitrogens is 1. The minimum atomic E-state index is -0.406. The predicted molar refractivity (Wildman–Crippen MR) is 89.5 cm³/mol. The summed E-state index contributed by atoms with van der Waals surface area (Å²) in [6, 6.07) is 3.48. The Labute approximate surface area is 142 Å². The standard InChI is InChI=1S/C18H25N3O3/c1-17(2)12-18(14(24-17)11-15(22)19-3)7-4-10-21(18)16(23)13-5-8-20-9-6-13/h5-6,8-9,14H,4,7,10-12H2,1-3H3,(H,19,22)/t14-,18+/m0/s1. The molecule has 2 atom stereocenters. The molecular weight excluding hydrogens is 306 g/mol. The molecule has 2 aliphatic heterocycles. The number of likely N-dealkylation sites (tertiary alicyclic amines) is 1. The molecule has 3 heterocycles. The summed E-state index contributed by atoms with van der Waals surface area (Å²) in [6.07, 6.45) is 5.81. The molecule has 6 nitrogen and oxygen atoms in total. The third-order valence-corrected chi connectivity index (χ3v) is 5.14. The zero-order valence-corrected chi connectivity index (χ0v) is 14.5. The molecule has 2 fully saturated rings. The molecule has 0 aromatic carbocycles. The van der Waals surface area contributed by atoms with Crippen LogP contribution < -0.4 is 5.32 Å². The SMILES string of the molecule is CNC(=O)C[C@@H]1OC(C)(C)C[C@]12CCCN2C(=O)c1ccncc1. The molecule has 0 aliphatic carbocycles. The minimum Gasteiger partial charge on any atom is -0.369 e. The third kappa shape index (κ3) is 2.90. The summed E-state index contributed by atoms with van der Waals surface area (Å²) in [5.74, 6) is -0.0570. The van der Waals surface area contributed by atoms with Gasteiger partial charge in [-0.25, -0.2) is 0 Å². The van der Waals surface area contributed by atoms with Crippen molar-refractivity contribution in [2.24, 2.45) is 0 Å². The maximum absolute atomic E-state index is 13.1. The third-order valence-electron chi connectivity index (χ3n) is 5.14. The first-order chi connectivity index (χ1) is 11.4. The normalized spacial score (nSPS) is 28.3. The van der Waals surface area contributed by atoms with E-state index in [9.17, 15) is 9.59 Å². The zero-order chi connectivity index (χ0) is 17.4. The second-order valence-electron chi connectivity index (χ2n) is 7.32. The fraction of sp³-hybridized carbons (Fsp3) is 0.611. The summed E-state index contributed by atoms with van der Waals surface area (Å²) in [5.41, 5.74) is -0.120. The lowest BCUT2D eigenvalue weighted by Gasteiger charge is -2.38. The van der Waals surface area contributed by atoms with E-state index >= 15 is 0 Å². The van der Waals surface area contributed by atoms with Crippen LogP contribution in [0.1, 0.15) is 49.9 Å². The highest BCUT2D eigenvalue weighted by atomic mass is 16.5. The van der Waals surface area contributed by atoms with Crippen molar-refractivity contribution in [1.29, 1.82) is 0 Å². The van der Waals surface area contributed by atoms with Crippen molar-refractivity contribution in [3.8, 4) is 0 Å². The lowest BCUT2D eigenvalue weighted by molar-refractivity contribution is -0.126. The highest BCUT2D eigenvalue weighted by Crippen LogP contribution is 2.49. The number of hydrogen-bond acceptors (Lipinski definition) is 4. The summed E-state index contributed by atoms with van der Waals surface area (Å²) in [4.78, 5) is 30.9. The molecular formula is C18H25N3O3. The number of carbonyl (C=O) groups excluding carboxylic acids is 2. The smallest absolute Gasteiger partial charge is 0.254 e. The van der Waals surface area contributed by atoms with Crippen molar-refractivity contribution in [2.75, 3.05) is 13.6 Å². The second-order valence-corrected chi connectivity index (χ2v) is 7.32. The maximum Gasteiger partial charge on any atom is 0.254 e. The lowest BCUT2D eigenvalue weighted by Crippen LogP contribution is -2.53. The molecule has 0 bridgehead atoms. The summed E-state index contributed by atoms with van der Waals surface area (Å²) >= 11 is 0. The van der Waals surface area contributed by atoms with Crippen LogP contribution in [0.25, 0.3) is 0 Å². The van der Waals surface area contributed by atoms with E-state index in [4.69, 9.17) is 4.74 Å². The first-order valence-electron chi connectivity index (χ1n) is 8.48. The van der Waals surface area contributed by atoms with Crippen LogP contribution in [-0.2, 0) is 9.53 Å². The van der Waals surface area contributed by atoms with Crippen LogP contribution >= 0.6 is 0 Å². The number of carbonyl (C=O) groups is 2. The van der Waals surface area contributed by atoms with E-state index in [1.54, 1.807) is 31.6 Å². The number of nitrogens with zero attached hydrogens (tertiary/aromatic N) is 2. The van der Waals surface area contributed by atoms with Crippen LogP contribution in [-0.4, -0.2) is 52.5 Å². The molecule has 0 radical (unpaired) electrons. The molecule has 24 heavy (non-hydrogen) atoms. The van der Waals surface area contributed by atoms with Gasteiger partial charge < -0.3 is 15.0 Å². The van der Waals surface area contributed by atoms with Gasteiger partial charge in [-0.2, -0.15) is 0 Å². The quantitative estimate of drug-likeness (QED) is 0.916. The van der Waals surface area contributed by atoms with Crippen LogP contribution in [0, 0.1) is 0 Å². The van der Waals surface area contributed by atoms with Gasteiger partial charge in [0.05, 0.1) is 23.7 Å². The van der Waals surface area contributed by atoms with Gasteiger partial charge >= 0.3 is 0 Å². The number of pyridine rings is 1. The monoisotopic (exact) mass is 331 g/mol. The first kappa shape index (κ1) is 16.9. The van der Waals surface area contributed by atoms with Gasteiger partial charge in [0.1, 0.15) is 0 Å². The Morgan fingerprint density at radius 2 is 2.08 bits per heavy atom. The Morgan fingerprint density at radius 1 is 1.38 bits per heavy atom. The first-order valence-corrected chi connectivity index (χ1v) is 8.48. The number of nitrogens with one attached hydrogen (secondary N) is 1. The van der Waals surface area contributed by atoms with Gasteiger partial charge in [0, 0.05) is 38.0 Å². The summed E-state index contributed by atoms with van der Waals surface area (Å²) < 4.78 is 6.21. The highest BCUT2D eigenvalue weighted by molar-refractivity contribution is 5.95. The maximum atomic E-state index is 13.1. The molecule has 0 saturated carbocycles. The molecule has 2 saturated heterocycles. The molecule has 1 aromatic heterocycles. The van der Waals surface area contributed by atoms with E-state index in [-0.39, 0.29) is 29.9 Å². The Hall–Kier alpha value is -1.95. The molecule has 0 unspecified atom stereocenters. The second kappa shape index (κ2) is 6.16. The molecule has 6 heteroatoms. The lowest BCUT2D eigenvalue weighted by atomic mass is 9.82. The van der Waals surface area contributed by atoms with Gasteiger partial charge in [-0.1, -0.05) is 0 Å². The van der Waals surface area contributed by atoms with Crippen molar-refractivity contribution in [3.63, 3.8) is 0 Å². The average molecular weight is 331 g/mol. The van der Waals surface area contributed by atoms with Gasteiger partial charge in [-0.3, -0.25) is 14.6 Å². The molecule has 2 amide bonds. The van der Waals surface area contributed by atoms with Gasteiger partial charge in [0.2, 0.25) is 5.91 Å². The van der Waals surface area contributed by atoms with Gasteiger partial charge in [-0.15, -0.1) is 0 Å². The Bertz CT molecular complexity index is 632. The Morgan fingerprint density at radius 3 is 2.75 bits per heavy atom. The molecule has 2 aliphatic rings. The van der Waals surface area contributed by atoms with Crippen molar-refractivity contribution in [3.05, 3.63) is 30.1 Å². The Kier molecular flexibility index (Phi) is 4.34. The van der Waals surface area contributed by atoms with Crippen LogP contribution in [0.5, 0.6) is 0 Å². The molecule has 1 spiro atoms. The predicted octanol–water partition coefficient (Wildman–Crippen LogP) is 1.76. The molecule has 3 rings (SSSR count). The number of amides is 2. The van der Waals surface area contributed by atoms with Crippen LogP contribution in [0.3, 0.4) is 0 Å². The topological polar surface area (TPSA) is 71.5 Å². The van der Waals surface area contributed by atoms with Crippen molar-refractivity contribution in [1.82, 2.24) is 15.2 Å². The van der Waals surface area contributed by atoms with E-state index in [0.717, 1.165) is 19.3 Å². The summed E-state index contributed by atoms with van der Waals surface area (Å²) in [6.45, 7) is 4.77. The average Bonchev–Trinajstić information content (AvgIpc) is 3.08. The van der Waals surface area contributed by atoms with Crippen molar-refractivity contribution < 1.29 is 14.3 Å². The number of ether oxygens (including phenoxy) is 1. The van der Waals surface area contributed by atoms with E-state index in [1.807, 2.05) is 18.7 Å². The number of hydrogen-bond donors (Lipinski definition) is 1. The number of rotatable bonds is 3. The van der Waals surface area contributed by atoms with E-state index in [1.165, 1.54) is 0 Å². The summed E-state index contributed by atoms with van der Waals surface area (Å²) in [7, 11) is 1.63. The van der Waals surface area contributed by atoms with E-state index < -0.39 is 5.54 Å². The zero-order valence-electron chi connectivity index (χ0n) is 14.5. The van der Waals surface area contributed by atoms with Gasteiger partial charge in [-0.05, 0) is 38.8 Å². The molecule has 1 aromatic rings. The fourth-order valence-corrected chi connectivity index (χ4v) is 4.26. The Balaban J connectivity index is 1.93. The van der Waals surface area contributed by atoms with Crippen molar-refractivity contribution in [2.45, 2.75) is 56.8 Å². The largest absolute Gasteiger partial charge is 0.369 e. The molecule has 1 N–H and O–H groups in total. The highest BCUT2D eigenvalue weighted by Gasteiger charge is 2.58. The van der Waals surface area contributed by atoms with Gasteiger partial charge in [0.25, 0.3) is 5.91 Å². The van der Waals surface area contributed by atoms with Crippen LogP contribution in [0.4, 0.5) is 0 Å². The van der Waals surface area contributed by atoms with Crippen LogP contribution in [0.2, 0.25) is 0 Å². The minimum absolute atomic E-state index is 0.00175. The van der Waals surface area contributed by atoms with Crippen molar-refractivity contribution >= 4 is 11.8 Å². The molecule has 130 valence electrons.